The SMILES string of the molecule is CN1CCN(C)C(CNc2cccc(C#N)c2[N+](=O)[O-])C1. The fraction of sp³-hybridized carbons (Fsp3) is 0.500. The summed E-state index contributed by atoms with van der Waals surface area (Å²) in [4.78, 5) is 15.1. The smallest absolute Gasteiger partial charge is 0.309 e. The average molecular weight is 289 g/mol. The minimum atomic E-state index is -0.502. The van der Waals surface area contributed by atoms with Crippen molar-refractivity contribution in [3.05, 3.63) is 33.9 Å². The normalized spacial score (nSPS) is 20.0. The fourth-order valence-corrected chi connectivity index (χ4v) is 2.52. The summed E-state index contributed by atoms with van der Waals surface area (Å²) in [6.07, 6.45) is 0. The molecule has 7 heteroatoms. The van der Waals surface area contributed by atoms with Crippen molar-refractivity contribution >= 4 is 11.4 Å². The number of piperazine rings is 1. The number of nitrogens with one attached hydrogen (secondary N) is 1. The molecule has 112 valence electrons. The van der Waals surface area contributed by atoms with Gasteiger partial charge in [-0.25, -0.2) is 0 Å². The first-order chi connectivity index (χ1) is 10.0. The Hall–Kier alpha value is -2.17. The number of nitriles is 1. The lowest BCUT2D eigenvalue weighted by Crippen LogP contribution is -2.52. The molecule has 1 atom stereocenters. The number of likely N-dealkylation sites (N-methyl/N-ethyl adjacent to an activating group) is 2. The predicted octanol–water partition coefficient (Wildman–Crippen LogP) is 1.12. The number of hydrogen-bond acceptors (Lipinski definition) is 6. The summed E-state index contributed by atoms with van der Waals surface area (Å²) in [6, 6.07) is 6.92. The van der Waals surface area contributed by atoms with Crippen LogP contribution in [0.2, 0.25) is 0 Å². The summed E-state index contributed by atoms with van der Waals surface area (Å²) in [5.41, 5.74) is 0.339. The van der Waals surface area contributed by atoms with Crippen LogP contribution in [0, 0.1) is 21.4 Å². The molecule has 1 aromatic rings. The standard InChI is InChI=1S/C14H19N5O2/c1-17-6-7-18(2)12(10-17)9-16-13-5-3-4-11(8-15)14(13)19(20)21/h3-5,12,16H,6-7,9-10H2,1-2H3. The van der Waals surface area contributed by atoms with Crippen molar-refractivity contribution in [2.24, 2.45) is 0 Å². The summed E-state index contributed by atoms with van der Waals surface area (Å²) >= 11 is 0. The quantitative estimate of drug-likeness (QED) is 0.660. The van der Waals surface area contributed by atoms with E-state index in [1.807, 2.05) is 6.07 Å². The first-order valence-corrected chi connectivity index (χ1v) is 6.83. The maximum absolute atomic E-state index is 11.2. The Morgan fingerprint density at radius 1 is 1.48 bits per heavy atom. The van der Waals surface area contributed by atoms with Gasteiger partial charge < -0.3 is 10.2 Å². The number of nitrogens with zero attached hydrogens (tertiary/aromatic N) is 4. The lowest BCUT2D eigenvalue weighted by molar-refractivity contribution is -0.384. The van der Waals surface area contributed by atoms with Crippen LogP contribution in [0.15, 0.2) is 18.2 Å². The first-order valence-electron chi connectivity index (χ1n) is 6.83. The second-order valence-electron chi connectivity index (χ2n) is 5.35. The molecule has 0 amide bonds. The number of nitro benzene ring substituents is 1. The van der Waals surface area contributed by atoms with Gasteiger partial charge in [0.1, 0.15) is 17.3 Å². The maximum Gasteiger partial charge on any atom is 0.309 e. The van der Waals surface area contributed by atoms with Crippen LogP contribution in [0.1, 0.15) is 5.56 Å². The van der Waals surface area contributed by atoms with Crippen LogP contribution in [-0.2, 0) is 0 Å². The van der Waals surface area contributed by atoms with Gasteiger partial charge in [-0.1, -0.05) is 6.07 Å². The van der Waals surface area contributed by atoms with Gasteiger partial charge >= 0.3 is 5.69 Å². The third kappa shape index (κ3) is 3.48. The molecule has 0 saturated carbocycles. The van der Waals surface area contributed by atoms with Gasteiger partial charge in [-0.15, -0.1) is 0 Å². The van der Waals surface area contributed by atoms with Gasteiger partial charge in [0.15, 0.2) is 0 Å². The molecule has 1 unspecified atom stereocenters. The lowest BCUT2D eigenvalue weighted by atomic mass is 10.1. The van der Waals surface area contributed by atoms with E-state index >= 15 is 0 Å². The third-order valence-electron chi connectivity index (χ3n) is 3.85. The number of rotatable bonds is 4. The van der Waals surface area contributed by atoms with Gasteiger partial charge in [0.25, 0.3) is 0 Å². The largest absolute Gasteiger partial charge is 0.378 e. The van der Waals surface area contributed by atoms with Gasteiger partial charge in [-0.05, 0) is 26.2 Å². The number of nitro groups is 1. The van der Waals surface area contributed by atoms with Gasteiger partial charge in [0.2, 0.25) is 0 Å². The minimum Gasteiger partial charge on any atom is -0.378 e. The van der Waals surface area contributed by atoms with Crippen LogP contribution in [-0.4, -0.2) is 61.0 Å². The Bertz CT molecular complexity index is 569. The molecule has 1 saturated heterocycles. The molecule has 21 heavy (non-hydrogen) atoms. The molecule has 1 aromatic carbocycles. The topological polar surface area (TPSA) is 85.4 Å². The number of hydrogen-bond donors (Lipinski definition) is 1. The Balaban J connectivity index is 2.13. The average Bonchev–Trinajstić information content (AvgIpc) is 2.47. The molecule has 1 N–H and O–H groups in total. The zero-order chi connectivity index (χ0) is 15.4. The number of benzene rings is 1. The van der Waals surface area contributed by atoms with Crippen LogP contribution in [0.25, 0.3) is 0 Å². The van der Waals surface area contributed by atoms with Crippen LogP contribution in [0.5, 0.6) is 0 Å². The highest BCUT2D eigenvalue weighted by Crippen LogP contribution is 2.28. The van der Waals surface area contributed by atoms with Crippen LogP contribution in [0.3, 0.4) is 0 Å². The fourth-order valence-electron chi connectivity index (χ4n) is 2.52. The zero-order valence-corrected chi connectivity index (χ0v) is 12.2. The van der Waals surface area contributed by atoms with Crippen molar-refractivity contribution in [2.75, 3.05) is 45.6 Å². The molecule has 1 aliphatic rings. The van der Waals surface area contributed by atoms with Crippen molar-refractivity contribution in [3.63, 3.8) is 0 Å². The van der Waals surface area contributed by atoms with Gasteiger partial charge in [-0.2, -0.15) is 5.26 Å². The molecule has 1 aliphatic heterocycles. The highest BCUT2D eigenvalue weighted by atomic mass is 16.6. The number of para-hydroxylation sites is 1. The summed E-state index contributed by atoms with van der Waals surface area (Å²) in [7, 11) is 4.12. The third-order valence-corrected chi connectivity index (χ3v) is 3.85. The van der Waals surface area contributed by atoms with Crippen molar-refractivity contribution in [1.29, 1.82) is 5.26 Å². The summed E-state index contributed by atoms with van der Waals surface area (Å²) < 4.78 is 0. The molecule has 0 bridgehead atoms. The van der Waals surface area contributed by atoms with Crippen LogP contribution >= 0.6 is 0 Å². The highest BCUT2D eigenvalue weighted by Gasteiger charge is 2.24. The van der Waals surface area contributed by atoms with Crippen molar-refractivity contribution in [1.82, 2.24) is 9.80 Å². The van der Waals surface area contributed by atoms with Gasteiger partial charge in [0.05, 0.1) is 4.92 Å². The van der Waals surface area contributed by atoms with Crippen LogP contribution in [0.4, 0.5) is 11.4 Å². The first kappa shape index (κ1) is 15.2. The van der Waals surface area contributed by atoms with E-state index in [1.54, 1.807) is 12.1 Å². The summed E-state index contributed by atoms with van der Waals surface area (Å²) in [5.74, 6) is 0. The van der Waals surface area contributed by atoms with E-state index in [2.05, 4.69) is 29.2 Å². The Labute approximate surface area is 123 Å². The summed E-state index contributed by atoms with van der Waals surface area (Å²) in [5, 5.41) is 23.3. The Kier molecular flexibility index (Phi) is 4.73. The van der Waals surface area contributed by atoms with Crippen LogP contribution < -0.4 is 5.32 Å². The van der Waals surface area contributed by atoms with E-state index in [-0.39, 0.29) is 17.3 Å². The molecule has 0 aliphatic carbocycles. The minimum absolute atomic E-state index is 0.0825. The van der Waals surface area contributed by atoms with Crippen molar-refractivity contribution < 1.29 is 4.92 Å². The predicted molar refractivity (Wildman–Crippen MR) is 80.2 cm³/mol. The van der Waals surface area contributed by atoms with E-state index in [0.29, 0.717) is 12.2 Å². The monoisotopic (exact) mass is 289 g/mol. The van der Waals surface area contributed by atoms with E-state index in [9.17, 15) is 10.1 Å². The van der Waals surface area contributed by atoms with Gasteiger partial charge in [0, 0.05) is 32.2 Å². The van der Waals surface area contributed by atoms with Crippen molar-refractivity contribution in [2.45, 2.75) is 6.04 Å². The molecule has 0 spiro atoms. The number of anilines is 1. The molecular weight excluding hydrogens is 270 g/mol. The van der Waals surface area contributed by atoms with E-state index in [4.69, 9.17) is 5.26 Å². The van der Waals surface area contributed by atoms with E-state index in [1.165, 1.54) is 6.07 Å². The van der Waals surface area contributed by atoms with E-state index < -0.39 is 4.92 Å². The van der Waals surface area contributed by atoms with Crippen molar-refractivity contribution in [3.8, 4) is 6.07 Å². The molecule has 1 fully saturated rings. The molecule has 7 nitrogen and oxygen atoms in total. The molecule has 1 heterocycles. The summed E-state index contributed by atoms with van der Waals surface area (Å²) in [6.45, 7) is 3.52. The van der Waals surface area contributed by atoms with Gasteiger partial charge in [-0.3, -0.25) is 15.0 Å². The molecule has 0 aromatic heterocycles. The maximum atomic E-state index is 11.2. The lowest BCUT2D eigenvalue weighted by Gasteiger charge is -2.37. The van der Waals surface area contributed by atoms with E-state index in [0.717, 1.165) is 19.6 Å². The molecular formula is C14H19N5O2. The highest BCUT2D eigenvalue weighted by molar-refractivity contribution is 5.68. The molecule has 2 rings (SSSR count). The molecule has 0 radical (unpaired) electrons. The second kappa shape index (κ2) is 6.52. The Morgan fingerprint density at radius 3 is 2.90 bits per heavy atom. The zero-order valence-electron chi connectivity index (χ0n) is 12.2. The second-order valence-corrected chi connectivity index (χ2v) is 5.35. The Morgan fingerprint density at radius 2 is 2.24 bits per heavy atom.